The molecule has 0 amide bonds. The van der Waals surface area contributed by atoms with Crippen LogP contribution in [-0.4, -0.2) is 12.1 Å². The molecule has 2 rings (SSSR count). The van der Waals surface area contributed by atoms with Gasteiger partial charge in [-0.15, -0.1) is 0 Å². The van der Waals surface area contributed by atoms with E-state index >= 15 is 0 Å². The van der Waals surface area contributed by atoms with Gasteiger partial charge in [0, 0.05) is 0 Å². The lowest BCUT2D eigenvalue weighted by molar-refractivity contribution is 0.179. The van der Waals surface area contributed by atoms with Crippen molar-refractivity contribution >= 4 is 5.69 Å². The standard InChI is InChI=1S/C12H14N2O/c1-8-3-4-10-12(7-8)15-11(5-6-13)9(2)14-10/h3-4,7,9,11,14H,5H2,1-2H3. The van der Waals surface area contributed by atoms with E-state index in [9.17, 15) is 0 Å². The van der Waals surface area contributed by atoms with E-state index in [2.05, 4.69) is 11.4 Å². The molecule has 1 N–H and O–H groups in total. The van der Waals surface area contributed by atoms with Gasteiger partial charge in [-0.25, -0.2) is 0 Å². The zero-order chi connectivity index (χ0) is 10.8. The minimum atomic E-state index is -0.0516. The highest BCUT2D eigenvalue weighted by Crippen LogP contribution is 2.32. The first-order valence-corrected chi connectivity index (χ1v) is 5.11. The summed E-state index contributed by atoms with van der Waals surface area (Å²) in [5.41, 5.74) is 2.18. The predicted octanol–water partition coefficient (Wildman–Crippen LogP) is 2.47. The monoisotopic (exact) mass is 202 g/mol. The van der Waals surface area contributed by atoms with Gasteiger partial charge in [-0.05, 0) is 31.5 Å². The first kappa shape index (κ1) is 9.85. The molecular formula is C12H14N2O. The number of anilines is 1. The van der Waals surface area contributed by atoms with Crippen molar-refractivity contribution in [1.82, 2.24) is 0 Å². The molecule has 2 atom stereocenters. The van der Waals surface area contributed by atoms with Crippen LogP contribution < -0.4 is 10.1 Å². The molecule has 0 saturated carbocycles. The topological polar surface area (TPSA) is 45.0 Å². The molecule has 15 heavy (non-hydrogen) atoms. The number of rotatable bonds is 1. The predicted molar refractivity (Wildman–Crippen MR) is 58.9 cm³/mol. The molecule has 78 valence electrons. The van der Waals surface area contributed by atoms with E-state index in [4.69, 9.17) is 10.00 Å². The van der Waals surface area contributed by atoms with Gasteiger partial charge in [0.05, 0.1) is 24.2 Å². The van der Waals surface area contributed by atoms with Crippen LogP contribution in [0.5, 0.6) is 5.75 Å². The third-order valence-electron chi connectivity index (χ3n) is 2.65. The summed E-state index contributed by atoms with van der Waals surface area (Å²) in [7, 11) is 0. The molecule has 1 heterocycles. The highest BCUT2D eigenvalue weighted by atomic mass is 16.5. The number of ether oxygens (including phenoxy) is 1. The summed E-state index contributed by atoms with van der Waals surface area (Å²) in [6, 6.07) is 8.39. The van der Waals surface area contributed by atoms with Gasteiger partial charge in [-0.2, -0.15) is 5.26 Å². The average molecular weight is 202 g/mol. The molecule has 0 bridgehead atoms. The second-order valence-corrected chi connectivity index (χ2v) is 3.95. The fraction of sp³-hybridized carbons (Fsp3) is 0.417. The number of fused-ring (bicyclic) bond motifs is 1. The zero-order valence-electron chi connectivity index (χ0n) is 8.95. The van der Waals surface area contributed by atoms with Crippen molar-refractivity contribution in [2.75, 3.05) is 5.32 Å². The van der Waals surface area contributed by atoms with Gasteiger partial charge in [0.2, 0.25) is 0 Å². The Morgan fingerprint density at radius 2 is 2.33 bits per heavy atom. The quantitative estimate of drug-likeness (QED) is 0.760. The van der Waals surface area contributed by atoms with Crippen LogP contribution in [0.15, 0.2) is 18.2 Å². The first-order valence-electron chi connectivity index (χ1n) is 5.11. The van der Waals surface area contributed by atoms with Gasteiger partial charge >= 0.3 is 0 Å². The summed E-state index contributed by atoms with van der Waals surface area (Å²) in [4.78, 5) is 0. The Balaban J connectivity index is 2.27. The Morgan fingerprint density at radius 3 is 3.07 bits per heavy atom. The van der Waals surface area contributed by atoms with Crippen LogP contribution in [0.25, 0.3) is 0 Å². The number of nitriles is 1. The van der Waals surface area contributed by atoms with Crippen LogP contribution in [-0.2, 0) is 0 Å². The molecular weight excluding hydrogens is 188 g/mol. The summed E-state index contributed by atoms with van der Waals surface area (Å²) in [6.07, 6.45) is 0.367. The number of benzene rings is 1. The van der Waals surface area contributed by atoms with E-state index in [1.807, 2.05) is 32.0 Å². The molecule has 0 spiro atoms. The Labute approximate surface area is 89.7 Å². The van der Waals surface area contributed by atoms with Gasteiger partial charge in [-0.3, -0.25) is 0 Å². The highest BCUT2D eigenvalue weighted by molar-refractivity contribution is 5.59. The van der Waals surface area contributed by atoms with Gasteiger partial charge in [0.15, 0.2) is 0 Å². The number of hydrogen-bond donors (Lipinski definition) is 1. The molecule has 3 nitrogen and oxygen atoms in total. The molecule has 1 aromatic rings. The SMILES string of the molecule is Cc1ccc2c(c1)OC(CC#N)C(C)N2. The van der Waals surface area contributed by atoms with E-state index in [1.54, 1.807) is 0 Å². The fourth-order valence-electron chi connectivity index (χ4n) is 1.76. The fourth-order valence-corrected chi connectivity index (χ4v) is 1.76. The van der Waals surface area contributed by atoms with Gasteiger partial charge in [-0.1, -0.05) is 6.07 Å². The molecule has 0 aromatic heterocycles. The van der Waals surface area contributed by atoms with Gasteiger partial charge in [0.1, 0.15) is 11.9 Å². The normalized spacial score (nSPS) is 23.3. The van der Waals surface area contributed by atoms with Gasteiger partial charge in [0.25, 0.3) is 0 Å². The number of nitrogens with one attached hydrogen (secondary N) is 1. The number of aryl methyl sites for hydroxylation is 1. The minimum Gasteiger partial charge on any atom is -0.485 e. The van der Waals surface area contributed by atoms with Crippen LogP contribution in [0.2, 0.25) is 0 Å². The maximum Gasteiger partial charge on any atom is 0.143 e. The van der Waals surface area contributed by atoms with Crippen molar-refractivity contribution in [1.29, 1.82) is 5.26 Å². The van der Waals surface area contributed by atoms with E-state index in [0.29, 0.717) is 6.42 Å². The van der Waals surface area contributed by atoms with E-state index in [-0.39, 0.29) is 12.1 Å². The van der Waals surface area contributed by atoms with Crippen molar-refractivity contribution in [3.8, 4) is 11.8 Å². The average Bonchev–Trinajstić information content (AvgIpc) is 2.20. The maximum atomic E-state index is 8.68. The molecule has 0 aliphatic carbocycles. The van der Waals surface area contributed by atoms with E-state index in [1.165, 1.54) is 5.56 Å². The smallest absolute Gasteiger partial charge is 0.143 e. The van der Waals surface area contributed by atoms with Crippen molar-refractivity contribution < 1.29 is 4.74 Å². The second kappa shape index (κ2) is 3.82. The zero-order valence-corrected chi connectivity index (χ0v) is 8.95. The van der Waals surface area contributed by atoms with Crippen LogP contribution in [0, 0.1) is 18.3 Å². The third kappa shape index (κ3) is 1.89. The van der Waals surface area contributed by atoms with Crippen LogP contribution in [0.3, 0.4) is 0 Å². The largest absolute Gasteiger partial charge is 0.485 e. The van der Waals surface area contributed by atoms with Crippen molar-refractivity contribution in [2.24, 2.45) is 0 Å². The minimum absolute atomic E-state index is 0.0516. The summed E-state index contributed by atoms with van der Waals surface area (Å²) in [5, 5.41) is 12.0. The molecule has 1 aliphatic heterocycles. The number of hydrogen-bond acceptors (Lipinski definition) is 3. The molecule has 1 aliphatic rings. The summed E-state index contributed by atoms with van der Waals surface area (Å²) < 4.78 is 5.78. The maximum absolute atomic E-state index is 8.68. The van der Waals surface area contributed by atoms with Crippen molar-refractivity contribution in [2.45, 2.75) is 32.4 Å². The molecule has 0 radical (unpaired) electrons. The van der Waals surface area contributed by atoms with E-state index in [0.717, 1.165) is 11.4 Å². The summed E-state index contributed by atoms with van der Waals surface area (Å²) in [5.74, 6) is 0.855. The van der Waals surface area contributed by atoms with Crippen LogP contribution in [0.4, 0.5) is 5.69 Å². The Bertz CT molecular complexity index is 409. The van der Waals surface area contributed by atoms with Crippen LogP contribution >= 0.6 is 0 Å². The first-order chi connectivity index (χ1) is 7.20. The summed E-state index contributed by atoms with van der Waals surface area (Å²) in [6.45, 7) is 4.06. The lowest BCUT2D eigenvalue weighted by atomic mass is 10.1. The lowest BCUT2D eigenvalue weighted by Crippen LogP contribution is -2.38. The van der Waals surface area contributed by atoms with Crippen LogP contribution in [0.1, 0.15) is 18.9 Å². The van der Waals surface area contributed by atoms with E-state index < -0.39 is 0 Å². The highest BCUT2D eigenvalue weighted by Gasteiger charge is 2.25. The van der Waals surface area contributed by atoms with Crippen molar-refractivity contribution in [3.05, 3.63) is 23.8 Å². The molecule has 0 saturated heterocycles. The Morgan fingerprint density at radius 1 is 1.53 bits per heavy atom. The lowest BCUT2D eigenvalue weighted by Gasteiger charge is -2.32. The molecule has 1 aromatic carbocycles. The van der Waals surface area contributed by atoms with Crippen molar-refractivity contribution in [3.63, 3.8) is 0 Å². The molecule has 3 heteroatoms. The Kier molecular flexibility index (Phi) is 2.51. The molecule has 2 unspecified atom stereocenters. The summed E-state index contributed by atoms with van der Waals surface area (Å²) >= 11 is 0. The third-order valence-corrected chi connectivity index (χ3v) is 2.65. The number of nitrogens with zero attached hydrogens (tertiary/aromatic N) is 1. The second-order valence-electron chi connectivity index (χ2n) is 3.95. The van der Waals surface area contributed by atoms with Gasteiger partial charge < -0.3 is 10.1 Å². The Hall–Kier alpha value is -1.69. The molecule has 0 fully saturated rings.